The summed E-state index contributed by atoms with van der Waals surface area (Å²) < 4.78 is 323. The molecule has 754 valence electrons. The minimum absolute atomic E-state index is 0.0146. The SMILES string of the molecule is CC(=O)N=C([O-])C(F)(F)C(F)(F)C(F)(F)F.CC(=O)N=C([O-])C(F)(F)F.O=C(N=C([O-])C(F)(F)C(F)(F)C(F)(F)F)C(F)(F)C(F)(F)C(F)(F)F.O=C(N=C([O-])C(F)(F)F)C1CCCCC1.c1ccc([S+](c2ccccc2)c2ccccc2)cc1.c1ccc([S+](c2ccccc2)c2ccccc2)cc1.c1ccc([S+](c2ccccc2)c2ccccc2)cc1.c1ccc([S+](c2ccccc2)c2ccccc2)cc1. The van der Waals surface area contributed by atoms with Crippen molar-refractivity contribution in [3.8, 4) is 0 Å². The zero-order valence-corrected chi connectivity index (χ0v) is 76.4. The number of halogens is 27. The average Bonchev–Trinajstić information content (AvgIpc) is 0.745. The Bertz CT molecular complexity index is 5130. The molecule has 1 fully saturated rings. The zero-order valence-electron chi connectivity index (χ0n) is 73.1. The van der Waals surface area contributed by atoms with Gasteiger partial charge in [-0.15, -0.1) is 0 Å². The van der Waals surface area contributed by atoms with Gasteiger partial charge >= 0.3 is 72.3 Å². The molecule has 12 nitrogen and oxygen atoms in total. The first-order chi connectivity index (χ1) is 66.4. The van der Waals surface area contributed by atoms with Crippen molar-refractivity contribution in [2.24, 2.45) is 25.9 Å². The largest absolute Gasteiger partial charge is 0.857 e. The molecule has 1 aliphatic rings. The van der Waals surface area contributed by atoms with Crippen LogP contribution in [-0.2, 0) is 62.8 Å². The zero-order chi connectivity index (χ0) is 106. The second kappa shape index (κ2) is 53.0. The maximum Gasteiger partial charge on any atom is 0.460 e. The third kappa shape index (κ3) is 34.0. The summed E-state index contributed by atoms with van der Waals surface area (Å²) in [5.74, 6) is -62.0. The Morgan fingerprint density at radius 2 is 0.380 bits per heavy atom. The van der Waals surface area contributed by atoms with E-state index in [0.29, 0.717) is 24.8 Å². The summed E-state index contributed by atoms with van der Waals surface area (Å²) in [5, 5.41) is 40.8. The van der Waals surface area contributed by atoms with E-state index in [1.54, 1.807) is 0 Å². The van der Waals surface area contributed by atoms with Crippen LogP contribution in [0.1, 0.15) is 46.0 Å². The molecule has 142 heavy (non-hydrogen) atoms. The molecule has 0 bridgehead atoms. The van der Waals surface area contributed by atoms with Gasteiger partial charge < -0.3 is 20.4 Å². The normalized spacial score (nSPS) is 13.3. The van der Waals surface area contributed by atoms with Crippen molar-refractivity contribution < 1.29 is 158 Å². The first kappa shape index (κ1) is 117. The van der Waals surface area contributed by atoms with Gasteiger partial charge in [0.2, 0.25) is 17.7 Å². The van der Waals surface area contributed by atoms with E-state index in [9.17, 15) is 158 Å². The Hall–Kier alpha value is -13.3. The van der Waals surface area contributed by atoms with Gasteiger partial charge in [-0.1, -0.05) is 238 Å². The Labute approximate surface area is 805 Å². The molecule has 0 radical (unpaired) electrons. The summed E-state index contributed by atoms with van der Waals surface area (Å²) in [4.78, 5) is 64.9. The molecule has 12 aromatic carbocycles. The van der Waals surface area contributed by atoms with Crippen LogP contribution in [0.4, 0.5) is 119 Å². The maximum atomic E-state index is 12.6. The molecule has 12 aromatic rings. The van der Waals surface area contributed by atoms with Gasteiger partial charge in [-0.05, 0) is 158 Å². The van der Waals surface area contributed by atoms with Crippen molar-refractivity contribution in [2.45, 2.75) is 171 Å². The molecule has 0 heterocycles. The lowest BCUT2D eigenvalue weighted by atomic mass is 9.89. The monoisotopic (exact) mass is 2090 g/mol. The first-order valence-corrected chi connectivity index (χ1v) is 45.7. The van der Waals surface area contributed by atoms with E-state index in [1.165, 1.54) is 58.7 Å². The summed E-state index contributed by atoms with van der Waals surface area (Å²) in [5.41, 5.74) is 0. The summed E-state index contributed by atoms with van der Waals surface area (Å²) >= 11 is 0. The van der Waals surface area contributed by atoms with E-state index in [1.807, 2.05) is 4.99 Å². The lowest BCUT2D eigenvalue weighted by Crippen LogP contribution is -2.60. The van der Waals surface area contributed by atoms with Crippen LogP contribution in [0.3, 0.4) is 0 Å². The van der Waals surface area contributed by atoms with E-state index in [4.69, 9.17) is 0 Å². The van der Waals surface area contributed by atoms with E-state index >= 15 is 0 Å². The number of alkyl halides is 27. The predicted molar refractivity (Wildman–Crippen MR) is 474 cm³/mol. The third-order valence-corrected chi connectivity index (χ3v) is 27.1. The van der Waals surface area contributed by atoms with Crippen LogP contribution in [0.2, 0.25) is 0 Å². The average molecular weight is 2090 g/mol. The fourth-order valence-corrected chi connectivity index (χ4v) is 19.9. The molecule has 0 saturated heterocycles. The molecular formula is C99H77F27N4O8S4. The number of hydrogen-bond acceptors (Lipinski definition) is 8. The van der Waals surface area contributed by atoms with E-state index in [-0.39, 0.29) is 43.6 Å². The van der Waals surface area contributed by atoms with Gasteiger partial charge in [-0.25, -0.2) is 20.0 Å². The lowest BCUT2D eigenvalue weighted by Gasteiger charge is -2.32. The number of benzene rings is 12. The predicted octanol–water partition coefficient (Wildman–Crippen LogP) is 24.5. The number of aliphatic imine (C=N–C) groups is 4. The van der Waals surface area contributed by atoms with Gasteiger partial charge in [0.15, 0.2) is 58.7 Å². The van der Waals surface area contributed by atoms with Crippen LogP contribution in [0.25, 0.3) is 0 Å². The Morgan fingerprint density at radius 3 is 0.535 bits per heavy atom. The number of rotatable bonds is 19. The van der Waals surface area contributed by atoms with Crippen LogP contribution in [0, 0.1) is 5.92 Å². The summed E-state index contributed by atoms with van der Waals surface area (Å²) in [6.07, 6.45) is -27.4. The van der Waals surface area contributed by atoms with Crippen LogP contribution >= 0.6 is 0 Å². The highest BCUT2D eigenvalue weighted by Gasteiger charge is 2.78. The smallest absolute Gasteiger partial charge is 0.460 e. The highest BCUT2D eigenvalue weighted by molar-refractivity contribution is 7.98. The quantitative estimate of drug-likeness (QED) is 0.0328. The lowest BCUT2D eigenvalue weighted by molar-refractivity contribution is -0.358. The molecule has 13 rings (SSSR count). The molecule has 0 N–H and O–H groups in total. The summed E-state index contributed by atoms with van der Waals surface area (Å²) in [7, 11) is -0.0585. The van der Waals surface area contributed by atoms with Gasteiger partial charge in [-0.2, -0.15) is 119 Å². The Morgan fingerprint density at radius 1 is 0.225 bits per heavy atom. The van der Waals surface area contributed by atoms with E-state index < -0.39 is 120 Å². The number of amides is 4. The van der Waals surface area contributed by atoms with Gasteiger partial charge in [0.25, 0.3) is 0 Å². The van der Waals surface area contributed by atoms with Gasteiger partial charge in [-0.3, -0.25) is 19.2 Å². The Balaban J connectivity index is 0.000000251. The molecule has 0 atom stereocenters. The van der Waals surface area contributed by atoms with Crippen LogP contribution in [0.15, 0.2) is 443 Å². The molecular weight excluding hydrogens is 2010 g/mol. The number of carbonyl (C=O) groups excluding carboxylic acids is 4. The fourth-order valence-electron chi connectivity index (χ4n) is 11.5. The topological polar surface area (TPSA) is 210 Å². The first-order valence-electron chi connectivity index (χ1n) is 40.8. The summed E-state index contributed by atoms with van der Waals surface area (Å²) in [6, 6.07) is 129. The van der Waals surface area contributed by atoms with Gasteiger partial charge in [0.1, 0.15) is 0 Å². The van der Waals surface area contributed by atoms with E-state index in [0.717, 1.165) is 26.2 Å². The van der Waals surface area contributed by atoms with E-state index in [2.05, 4.69) is 374 Å². The van der Waals surface area contributed by atoms with Crippen molar-refractivity contribution in [1.82, 2.24) is 0 Å². The maximum absolute atomic E-state index is 12.6. The molecule has 0 unspecified atom stereocenters. The Kier molecular flexibility index (Phi) is 43.8. The molecule has 0 spiro atoms. The molecule has 1 saturated carbocycles. The molecule has 4 amide bonds. The van der Waals surface area contributed by atoms with Crippen LogP contribution in [-0.4, -0.2) is 114 Å². The van der Waals surface area contributed by atoms with Crippen molar-refractivity contribution in [3.05, 3.63) is 364 Å². The highest BCUT2D eigenvalue weighted by Crippen LogP contribution is 2.51. The second-order valence-electron chi connectivity index (χ2n) is 28.6. The van der Waals surface area contributed by atoms with Crippen LogP contribution in [0.5, 0.6) is 0 Å². The molecule has 43 heteroatoms. The van der Waals surface area contributed by atoms with Crippen molar-refractivity contribution in [3.63, 3.8) is 0 Å². The van der Waals surface area contributed by atoms with Crippen molar-refractivity contribution >= 4 is 90.8 Å². The minimum Gasteiger partial charge on any atom is -0.857 e. The van der Waals surface area contributed by atoms with Crippen LogP contribution < -0.4 is 20.4 Å². The molecule has 0 aromatic heterocycles. The number of carbonyl (C=O) groups is 4. The molecule has 1 aliphatic carbocycles. The highest BCUT2D eigenvalue weighted by atomic mass is 32.2. The van der Waals surface area contributed by atoms with Gasteiger partial charge in [0, 0.05) is 31.6 Å². The number of hydrogen-bond donors (Lipinski definition) is 0. The van der Waals surface area contributed by atoms with Crippen molar-refractivity contribution in [2.75, 3.05) is 0 Å². The third-order valence-electron chi connectivity index (χ3n) is 18.2. The minimum atomic E-state index is -7.30. The fraction of sp³-hybridized carbons (Fsp3) is 0.192. The summed E-state index contributed by atoms with van der Waals surface area (Å²) in [6.45, 7) is 1.21. The number of nitrogens with zero attached hydrogens (tertiary/aromatic N) is 4. The van der Waals surface area contributed by atoms with Crippen molar-refractivity contribution in [1.29, 1.82) is 0 Å². The van der Waals surface area contributed by atoms with Gasteiger partial charge in [0.05, 0.1) is 55.4 Å². The second-order valence-corrected chi connectivity index (χ2v) is 36.7. The standard InChI is InChI=1S/4C18H15S.C9H12F3NO2.C8HF14NO2.C6H4F7NO2.C4H4F3NO2/c4*1-4-10-16(11-5-1)19(17-12-6-2-7-13-17)18-14-8-3-9-15-18;10-9(11,12)8(15)13-7(14)6-4-2-1-3-5-6;9-3(10,5(13,14)7(17,18)19)1(24)23-2(25)4(11,12)6(15,16)8(20,21)22;1-2(15)14-3(16)4(7,8)5(9,10)6(11,12)13;1-2(9)8-3(10)4(5,6)7/h4*1-15H;6H,1-5H2,(H,13,14,15);(H,23,24,25);1H3,(H,14,15,16);1H3,(H,8,9,10)/q4*+1;;;;/p-4. The molecule has 0 aliphatic heterocycles.